The van der Waals surface area contributed by atoms with Gasteiger partial charge in [0.25, 0.3) is 5.91 Å². The summed E-state index contributed by atoms with van der Waals surface area (Å²) in [6, 6.07) is 4.84. The Kier molecular flexibility index (Phi) is 6.74. The Balaban J connectivity index is 1.79. The molecule has 0 saturated carbocycles. The quantitative estimate of drug-likeness (QED) is 0.566. The molecule has 1 aliphatic rings. The van der Waals surface area contributed by atoms with Gasteiger partial charge in [0, 0.05) is 54.8 Å². The number of nitrogens with one attached hydrogen (secondary N) is 1. The van der Waals surface area contributed by atoms with Crippen LogP contribution in [-0.4, -0.2) is 34.1 Å². The van der Waals surface area contributed by atoms with Crippen LogP contribution in [-0.2, 0) is 4.74 Å². The van der Waals surface area contributed by atoms with Crippen molar-refractivity contribution in [3.63, 3.8) is 0 Å². The first-order valence-corrected chi connectivity index (χ1v) is 11.0. The van der Waals surface area contributed by atoms with E-state index in [1.165, 1.54) is 12.4 Å². The van der Waals surface area contributed by atoms with Crippen LogP contribution >= 0.6 is 0 Å². The van der Waals surface area contributed by atoms with Crippen molar-refractivity contribution >= 4 is 11.6 Å². The van der Waals surface area contributed by atoms with E-state index in [1.54, 1.807) is 12.3 Å². The molecular weight excluding hydrogens is 426 g/mol. The van der Waals surface area contributed by atoms with Crippen molar-refractivity contribution in [3.05, 3.63) is 71.6 Å². The molecule has 0 aliphatic carbocycles. The van der Waals surface area contributed by atoms with E-state index in [0.29, 0.717) is 42.4 Å². The number of carbonyl (C=O) groups excluding carboxylic acids is 1. The van der Waals surface area contributed by atoms with Crippen LogP contribution in [0.5, 0.6) is 0 Å². The number of anilines is 1. The second kappa shape index (κ2) is 9.70. The summed E-state index contributed by atoms with van der Waals surface area (Å²) in [6.07, 6.45) is 5.20. The molecule has 0 unspecified atom stereocenters. The van der Waals surface area contributed by atoms with Crippen LogP contribution in [0.25, 0.3) is 11.1 Å². The molecule has 1 aromatic carbocycles. The molecule has 172 valence electrons. The van der Waals surface area contributed by atoms with Gasteiger partial charge in [0.15, 0.2) is 0 Å². The third-order valence-corrected chi connectivity index (χ3v) is 5.88. The fourth-order valence-corrected chi connectivity index (χ4v) is 4.04. The molecule has 8 heteroatoms. The highest BCUT2D eigenvalue weighted by Gasteiger charge is 2.29. The van der Waals surface area contributed by atoms with Gasteiger partial charge in [-0.15, -0.1) is 0 Å². The summed E-state index contributed by atoms with van der Waals surface area (Å²) in [6.45, 7) is 7.10. The van der Waals surface area contributed by atoms with Gasteiger partial charge in [0.1, 0.15) is 17.5 Å². The first-order chi connectivity index (χ1) is 15.8. The maximum atomic E-state index is 14.7. The van der Waals surface area contributed by atoms with Crippen LogP contribution in [0, 0.1) is 17.6 Å². The number of ether oxygens (including phenoxy) is 1. The number of benzene rings is 1. The molecule has 0 radical (unpaired) electrons. The minimum Gasteiger partial charge on any atom is -0.381 e. The number of halogens is 2. The Labute approximate surface area is 191 Å². The van der Waals surface area contributed by atoms with Crippen LogP contribution < -0.4 is 5.32 Å². The smallest absolute Gasteiger partial charge is 0.258 e. The molecule has 6 nitrogen and oxygen atoms in total. The van der Waals surface area contributed by atoms with Gasteiger partial charge >= 0.3 is 0 Å². The molecule has 0 spiro atoms. The third kappa shape index (κ3) is 4.90. The number of hydrogen-bond donors (Lipinski definition) is 1. The average Bonchev–Trinajstić information content (AvgIpc) is 2.81. The van der Waals surface area contributed by atoms with Gasteiger partial charge in [-0.05, 0) is 36.6 Å². The molecule has 33 heavy (non-hydrogen) atoms. The van der Waals surface area contributed by atoms with Crippen molar-refractivity contribution in [2.24, 2.45) is 5.92 Å². The second-order valence-corrected chi connectivity index (χ2v) is 8.63. The summed E-state index contributed by atoms with van der Waals surface area (Å²) in [7, 11) is 0. The SMILES string of the molecule is CC(C)c1ncc(C(=O)Nc2c(-c3cc(F)ccc3F)ccnc2[C@@H]2CCOC[C@H]2C)cn1. The highest BCUT2D eigenvalue weighted by molar-refractivity contribution is 6.06. The number of pyridine rings is 1. The number of rotatable bonds is 5. The zero-order valence-corrected chi connectivity index (χ0v) is 18.8. The summed E-state index contributed by atoms with van der Waals surface area (Å²) in [5.41, 5.74) is 1.67. The van der Waals surface area contributed by atoms with Crippen LogP contribution in [0.1, 0.15) is 60.9 Å². The normalized spacial score (nSPS) is 18.4. The first-order valence-electron chi connectivity index (χ1n) is 11.0. The molecule has 2 aromatic heterocycles. The van der Waals surface area contributed by atoms with Crippen LogP contribution in [0.4, 0.5) is 14.5 Å². The van der Waals surface area contributed by atoms with E-state index >= 15 is 0 Å². The van der Waals surface area contributed by atoms with Gasteiger partial charge < -0.3 is 10.1 Å². The summed E-state index contributed by atoms with van der Waals surface area (Å²) >= 11 is 0. The predicted octanol–water partition coefficient (Wildman–Crippen LogP) is 5.33. The van der Waals surface area contributed by atoms with Crippen LogP contribution in [0.3, 0.4) is 0 Å². The van der Waals surface area contributed by atoms with E-state index in [0.717, 1.165) is 18.2 Å². The van der Waals surface area contributed by atoms with Crippen molar-refractivity contribution in [1.82, 2.24) is 15.0 Å². The molecular formula is C25H26F2N4O2. The van der Waals surface area contributed by atoms with Gasteiger partial charge in [0.05, 0.1) is 16.9 Å². The number of amides is 1. The second-order valence-electron chi connectivity index (χ2n) is 8.63. The highest BCUT2D eigenvalue weighted by atomic mass is 19.1. The molecule has 4 rings (SSSR count). The largest absolute Gasteiger partial charge is 0.381 e. The van der Waals surface area contributed by atoms with Gasteiger partial charge in [-0.25, -0.2) is 18.7 Å². The topological polar surface area (TPSA) is 77.0 Å². The van der Waals surface area contributed by atoms with E-state index in [2.05, 4.69) is 20.3 Å². The maximum Gasteiger partial charge on any atom is 0.258 e. The summed E-state index contributed by atoms with van der Waals surface area (Å²) in [4.78, 5) is 26.2. The number of nitrogens with zero attached hydrogens (tertiary/aromatic N) is 3. The van der Waals surface area contributed by atoms with E-state index in [1.807, 2.05) is 20.8 Å². The zero-order valence-electron chi connectivity index (χ0n) is 18.8. The number of carbonyl (C=O) groups is 1. The molecule has 2 atom stereocenters. The molecule has 3 aromatic rings. The minimum absolute atomic E-state index is 0.00909. The fraction of sp³-hybridized carbons (Fsp3) is 0.360. The van der Waals surface area contributed by atoms with Crippen molar-refractivity contribution in [2.75, 3.05) is 18.5 Å². The van der Waals surface area contributed by atoms with Gasteiger partial charge in [0.2, 0.25) is 0 Å². The lowest BCUT2D eigenvalue weighted by Gasteiger charge is -2.30. The summed E-state index contributed by atoms with van der Waals surface area (Å²) in [5.74, 6) is -0.713. The molecule has 1 amide bonds. The monoisotopic (exact) mass is 452 g/mol. The van der Waals surface area contributed by atoms with Crippen LogP contribution in [0.2, 0.25) is 0 Å². The Morgan fingerprint density at radius 2 is 1.88 bits per heavy atom. The van der Waals surface area contributed by atoms with Gasteiger partial charge in [-0.1, -0.05) is 20.8 Å². The number of hydrogen-bond acceptors (Lipinski definition) is 5. The van der Waals surface area contributed by atoms with E-state index in [9.17, 15) is 13.6 Å². The molecule has 1 fully saturated rings. The van der Waals surface area contributed by atoms with Crippen molar-refractivity contribution < 1.29 is 18.3 Å². The van der Waals surface area contributed by atoms with Crippen molar-refractivity contribution in [3.8, 4) is 11.1 Å². The van der Waals surface area contributed by atoms with Gasteiger partial charge in [-0.2, -0.15) is 0 Å². The Bertz CT molecular complexity index is 1150. The first kappa shape index (κ1) is 22.9. The molecule has 1 saturated heterocycles. The maximum absolute atomic E-state index is 14.7. The lowest BCUT2D eigenvalue weighted by molar-refractivity contribution is 0.0465. The average molecular weight is 453 g/mol. The van der Waals surface area contributed by atoms with Crippen LogP contribution in [0.15, 0.2) is 42.9 Å². The third-order valence-electron chi connectivity index (χ3n) is 5.88. The van der Waals surface area contributed by atoms with E-state index < -0.39 is 17.5 Å². The lowest BCUT2D eigenvalue weighted by atomic mass is 9.84. The number of aromatic nitrogens is 3. The van der Waals surface area contributed by atoms with Crippen molar-refractivity contribution in [2.45, 2.75) is 39.0 Å². The Morgan fingerprint density at radius 3 is 2.58 bits per heavy atom. The predicted molar refractivity (Wildman–Crippen MR) is 121 cm³/mol. The molecule has 1 aliphatic heterocycles. The summed E-state index contributed by atoms with van der Waals surface area (Å²) in [5, 5.41) is 2.90. The highest BCUT2D eigenvalue weighted by Crippen LogP contribution is 2.40. The summed E-state index contributed by atoms with van der Waals surface area (Å²) < 4.78 is 34.3. The molecule has 1 N–H and O–H groups in total. The fourth-order valence-electron chi connectivity index (χ4n) is 4.04. The van der Waals surface area contributed by atoms with Crippen molar-refractivity contribution in [1.29, 1.82) is 0 Å². The lowest BCUT2D eigenvalue weighted by Crippen LogP contribution is -2.26. The molecule has 0 bridgehead atoms. The Morgan fingerprint density at radius 1 is 1.12 bits per heavy atom. The minimum atomic E-state index is -0.589. The van der Waals surface area contributed by atoms with Gasteiger partial charge in [-0.3, -0.25) is 9.78 Å². The molecule has 3 heterocycles. The zero-order chi connectivity index (χ0) is 23.5. The van der Waals surface area contributed by atoms with E-state index in [-0.39, 0.29) is 28.9 Å². The standard InChI is InChI=1S/C25H26F2N4O2/c1-14(2)24-29-11-16(12-30-24)25(32)31-23-19(20-10-17(26)4-5-21(20)27)6-8-28-22(23)18-7-9-33-13-15(18)3/h4-6,8,10-12,14-15,18H,7,9,13H2,1-3H3,(H,31,32)/t15-,18-/m1/s1. The Hall–Kier alpha value is -3.26. The van der Waals surface area contributed by atoms with E-state index in [4.69, 9.17) is 4.74 Å².